The van der Waals surface area contributed by atoms with Gasteiger partial charge in [0, 0.05) is 26.7 Å². The van der Waals surface area contributed by atoms with E-state index in [1.165, 1.54) is 18.4 Å². The fourth-order valence-corrected chi connectivity index (χ4v) is 3.63. The lowest BCUT2D eigenvalue weighted by Gasteiger charge is -2.23. The largest absolute Gasteiger partial charge is 0.357 e. The zero-order valence-corrected chi connectivity index (χ0v) is 21.4. The summed E-state index contributed by atoms with van der Waals surface area (Å²) in [6.45, 7) is 11.9. The van der Waals surface area contributed by atoms with Crippen molar-refractivity contribution >= 4 is 40.0 Å². The third-order valence-corrected chi connectivity index (χ3v) is 6.11. The van der Waals surface area contributed by atoms with Crippen LogP contribution in [0.15, 0.2) is 34.2 Å². The fraction of sp³-hybridized carbons (Fsp3) is 0.650. The molecule has 1 rings (SSSR count). The minimum absolute atomic E-state index is 0. The maximum absolute atomic E-state index is 12.5. The Balaban J connectivity index is 0.00000729. The van der Waals surface area contributed by atoms with Gasteiger partial charge in [0.05, 0.1) is 11.4 Å². The van der Waals surface area contributed by atoms with Crippen LogP contribution < -0.4 is 10.6 Å². The van der Waals surface area contributed by atoms with Crippen LogP contribution in [0.5, 0.6) is 0 Å². The molecule has 0 radical (unpaired) electrons. The zero-order chi connectivity index (χ0) is 20.7. The molecule has 1 atom stereocenters. The molecule has 8 heteroatoms. The molecule has 0 aliphatic rings. The van der Waals surface area contributed by atoms with Gasteiger partial charge in [0.15, 0.2) is 5.96 Å². The van der Waals surface area contributed by atoms with Gasteiger partial charge in [-0.1, -0.05) is 39.0 Å². The molecule has 2 N–H and O–H groups in total. The second kappa shape index (κ2) is 12.0. The smallest absolute Gasteiger partial charge is 0.242 e. The summed E-state index contributed by atoms with van der Waals surface area (Å²) in [6, 6.07) is 7.30. The maximum atomic E-state index is 12.5. The summed E-state index contributed by atoms with van der Waals surface area (Å²) in [4.78, 5) is 4.91. The molecule has 162 valence electrons. The fourth-order valence-electron chi connectivity index (χ4n) is 2.52. The van der Waals surface area contributed by atoms with Gasteiger partial charge in [-0.05, 0) is 43.7 Å². The molecular formula is C20H37IN4O2S. The van der Waals surface area contributed by atoms with E-state index in [2.05, 4.69) is 43.3 Å². The van der Waals surface area contributed by atoms with Crippen LogP contribution in [-0.4, -0.2) is 45.4 Å². The Labute approximate surface area is 188 Å². The molecule has 0 amide bonds. The monoisotopic (exact) mass is 524 g/mol. The Bertz CT molecular complexity index is 728. The van der Waals surface area contributed by atoms with Crippen LogP contribution in [0.3, 0.4) is 0 Å². The topological polar surface area (TPSA) is 73.8 Å². The van der Waals surface area contributed by atoms with Crippen LogP contribution in [0.2, 0.25) is 0 Å². The van der Waals surface area contributed by atoms with Gasteiger partial charge in [0.25, 0.3) is 0 Å². The number of sulfonamides is 1. The SMILES string of the molecule is CCNC(=NCc1ccccc1S(=O)(=O)N(C)C)NC(C)CCC(C)(C)C.I. The van der Waals surface area contributed by atoms with Crippen molar-refractivity contribution < 1.29 is 8.42 Å². The van der Waals surface area contributed by atoms with E-state index < -0.39 is 10.0 Å². The molecule has 0 spiro atoms. The summed E-state index contributed by atoms with van der Waals surface area (Å²) >= 11 is 0. The molecule has 0 aliphatic heterocycles. The third kappa shape index (κ3) is 9.09. The highest BCUT2D eigenvalue weighted by molar-refractivity contribution is 14.0. The molecule has 28 heavy (non-hydrogen) atoms. The van der Waals surface area contributed by atoms with Gasteiger partial charge in [-0.2, -0.15) is 0 Å². The summed E-state index contributed by atoms with van der Waals surface area (Å²) in [5.41, 5.74) is 0.982. The van der Waals surface area contributed by atoms with Crippen molar-refractivity contribution in [3.05, 3.63) is 29.8 Å². The molecule has 0 saturated carbocycles. The normalized spacial score (nSPS) is 13.8. The first kappa shape index (κ1) is 27.1. The number of nitrogens with one attached hydrogen (secondary N) is 2. The number of hydrogen-bond donors (Lipinski definition) is 2. The van der Waals surface area contributed by atoms with Gasteiger partial charge in [0.2, 0.25) is 10.0 Å². The summed E-state index contributed by atoms with van der Waals surface area (Å²) in [5, 5.41) is 6.66. The molecule has 6 nitrogen and oxygen atoms in total. The average Bonchev–Trinajstić information content (AvgIpc) is 2.57. The van der Waals surface area contributed by atoms with E-state index in [1.807, 2.05) is 19.1 Å². The number of halogens is 1. The molecule has 0 saturated heterocycles. The molecule has 1 aromatic rings. The van der Waals surface area contributed by atoms with Crippen LogP contribution >= 0.6 is 24.0 Å². The van der Waals surface area contributed by atoms with Crippen LogP contribution in [0.4, 0.5) is 0 Å². The summed E-state index contributed by atoms with van der Waals surface area (Å²) < 4.78 is 26.3. The molecule has 0 fully saturated rings. The predicted molar refractivity (Wildman–Crippen MR) is 129 cm³/mol. The van der Waals surface area contributed by atoms with E-state index in [1.54, 1.807) is 12.1 Å². The lowest BCUT2D eigenvalue weighted by Crippen LogP contribution is -2.42. The number of benzene rings is 1. The number of hydrogen-bond acceptors (Lipinski definition) is 3. The predicted octanol–water partition coefficient (Wildman–Crippen LogP) is 3.82. The molecule has 1 aromatic carbocycles. The Morgan fingerprint density at radius 2 is 1.82 bits per heavy atom. The lowest BCUT2D eigenvalue weighted by molar-refractivity contribution is 0.346. The Morgan fingerprint density at radius 1 is 1.21 bits per heavy atom. The van der Waals surface area contributed by atoms with Crippen molar-refractivity contribution in [1.82, 2.24) is 14.9 Å². The highest BCUT2D eigenvalue weighted by atomic mass is 127. The van der Waals surface area contributed by atoms with Crippen molar-refractivity contribution in [1.29, 1.82) is 0 Å². The van der Waals surface area contributed by atoms with Crippen LogP contribution in [-0.2, 0) is 16.6 Å². The van der Waals surface area contributed by atoms with Gasteiger partial charge >= 0.3 is 0 Å². The van der Waals surface area contributed by atoms with Crippen LogP contribution in [0.25, 0.3) is 0 Å². The lowest BCUT2D eigenvalue weighted by atomic mass is 9.89. The minimum atomic E-state index is -3.49. The highest BCUT2D eigenvalue weighted by Gasteiger charge is 2.20. The van der Waals surface area contributed by atoms with E-state index in [9.17, 15) is 8.42 Å². The first-order chi connectivity index (χ1) is 12.5. The van der Waals surface area contributed by atoms with Gasteiger partial charge < -0.3 is 10.6 Å². The standard InChI is InChI=1S/C20H36N4O2S.HI/c1-8-21-19(23-16(2)13-14-20(3,4)5)22-15-17-11-9-10-12-18(17)27(25,26)24(6)7;/h9-12,16H,8,13-15H2,1-7H3,(H2,21,22,23);1H. The minimum Gasteiger partial charge on any atom is -0.357 e. The Morgan fingerprint density at radius 3 is 2.36 bits per heavy atom. The van der Waals surface area contributed by atoms with Gasteiger partial charge in [-0.15, -0.1) is 24.0 Å². The molecular weight excluding hydrogens is 487 g/mol. The molecule has 0 aromatic heterocycles. The van der Waals surface area contributed by atoms with Crippen molar-refractivity contribution in [3.63, 3.8) is 0 Å². The summed E-state index contributed by atoms with van der Waals surface area (Å²) in [6.07, 6.45) is 2.16. The number of rotatable bonds is 8. The number of guanidine groups is 1. The molecule has 0 bridgehead atoms. The Hall–Kier alpha value is -0.870. The van der Waals surface area contributed by atoms with Crippen LogP contribution in [0.1, 0.15) is 53.0 Å². The van der Waals surface area contributed by atoms with Gasteiger partial charge in [0.1, 0.15) is 0 Å². The maximum Gasteiger partial charge on any atom is 0.242 e. The van der Waals surface area contributed by atoms with Crippen molar-refractivity contribution in [2.24, 2.45) is 10.4 Å². The summed E-state index contributed by atoms with van der Waals surface area (Å²) in [5.74, 6) is 0.705. The zero-order valence-electron chi connectivity index (χ0n) is 18.2. The van der Waals surface area contributed by atoms with Crippen molar-refractivity contribution in [2.75, 3.05) is 20.6 Å². The van der Waals surface area contributed by atoms with E-state index in [0.717, 1.165) is 19.4 Å². The number of aliphatic imine (C=N–C) groups is 1. The molecule has 0 aliphatic carbocycles. The molecule has 1 unspecified atom stereocenters. The van der Waals surface area contributed by atoms with E-state index in [-0.39, 0.29) is 30.0 Å². The van der Waals surface area contributed by atoms with E-state index in [0.29, 0.717) is 28.4 Å². The first-order valence-electron chi connectivity index (χ1n) is 9.52. The second-order valence-electron chi connectivity index (χ2n) is 8.24. The van der Waals surface area contributed by atoms with Crippen LogP contribution in [0, 0.1) is 5.41 Å². The second-order valence-corrected chi connectivity index (χ2v) is 10.4. The highest BCUT2D eigenvalue weighted by Crippen LogP contribution is 2.21. The first-order valence-corrected chi connectivity index (χ1v) is 11.0. The third-order valence-electron chi connectivity index (χ3n) is 4.19. The molecule has 0 heterocycles. The van der Waals surface area contributed by atoms with Crippen molar-refractivity contribution in [2.45, 2.75) is 64.9 Å². The summed E-state index contributed by atoms with van der Waals surface area (Å²) in [7, 11) is -0.413. The van der Waals surface area contributed by atoms with Crippen molar-refractivity contribution in [3.8, 4) is 0 Å². The van der Waals surface area contributed by atoms with Gasteiger partial charge in [-0.25, -0.2) is 17.7 Å². The number of nitrogens with zero attached hydrogens (tertiary/aromatic N) is 2. The quantitative estimate of drug-likeness (QED) is 0.308. The Kier molecular flexibility index (Phi) is 11.6. The van der Waals surface area contributed by atoms with Gasteiger partial charge in [-0.3, -0.25) is 0 Å². The van der Waals surface area contributed by atoms with E-state index in [4.69, 9.17) is 0 Å². The average molecular weight is 525 g/mol. The van der Waals surface area contributed by atoms with E-state index >= 15 is 0 Å².